The Morgan fingerprint density at radius 3 is 2.89 bits per heavy atom. The number of hydrogen-bond donors (Lipinski definition) is 0. The first kappa shape index (κ1) is 12.9. The highest BCUT2D eigenvalue weighted by molar-refractivity contribution is 8.14. The Bertz CT molecular complexity index is 705. The van der Waals surface area contributed by atoms with Crippen molar-refractivity contribution in [2.24, 2.45) is 0 Å². The Morgan fingerprint density at radius 1 is 1.37 bits per heavy atom. The first-order valence-corrected chi connectivity index (χ1v) is 8.41. The molecule has 19 heavy (non-hydrogen) atoms. The van der Waals surface area contributed by atoms with E-state index in [4.69, 9.17) is 15.4 Å². The fourth-order valence-corrected chi connectivity index (χ4v) is 3.47. The van der Waals surface area contributed by atoms with E-state index in [-0.39, 0.29) is 11.1 Å². The maximum absolute atomic E-state index is 11.5. The van der Waals surface area contributed by atoms with Gasteiger partial charge in [0.2, 0.25) is 0 Å². The maximum Gasteiger partial charge on any atom is 0.262 e. The van der Waals surface area contributed by atoms with Gasteiger partial charge in [-0.3, -0.25) is 0 Å². The van der Waals surface area contributed by atoms with Gasteiger partial charge in [0.15, 0.2) is 6.23 Å². The van der Waals surface area contributed by atoms with Gasteiger partial charge in [0.1, 0.15) is 0 Å². The number of ether oxygens (including phenoxy) is 1. The first-order chi connectivity index (χ1) is 9.07. The second kappa shape index (κ2) is 4.77. The summed E-state index contributed by atoms with van der Waals surface area (Å²) in [5.74, 6) is 0. The fourth-order valence-electron chi connectivity index (χ4n) is 2.40. The monoisotopic (exact) mass is 300 g/mol. The van der Waals surface area contributed by atoms with Crippen LogP contribution in [0, 0.1) is 0 Å². The summed E-state index contributed by atoms with van der Waals surface area (Å²) >= 11 is 0. The molecule has 0 amide bonds. The summed E-state index contributed by atoms with van der Waals surface area (Å²) in [7, 11) is 1.67. The molecule has 5 nitrogen and oxygen atoms in total. The number of aromatic nitrogens is 2. The van der Waals surface area contributed by atoms with Crippen LogP contribution in [-0.4, -0.2) is 24.8 Å². The summed E-state index contributed by atoms with van der Waals surface area (Å²) in [6, 6.07) is 4.98. The van der Waals surface area contributed by atoms with Crippen LogP contribution in [0.4, 0.5) is 0 Å². The molecule has 102 valence electrons. The molecule has 3 rings (SSSR count). The first-order valence-electron chi connectivity index (χ1n) is 6.10. The van der Waals surface area contributed by atoms with E-state index in [2.05, 4.69) is 5.10 Å². The molecule has 1 atom stereocenters. The number of fused-ring (bicyclic) bond motifs is 1. The highest BCUT2D eigenvalue weighted by Gasteiger charge is 2.21. The van der Waals surface area contributed by atoms with Crippen molar-refractivity contribution in [3.05, 3.63) is 24.4 Å². The zero-order chi connectivity index (χ0) is 13.5. The summed E-state index contributed by atoms with van der Waals surface area (Å²) in [4.78, 5) is 0.0914. The standard InChI is InChI=1S/C12H13ClN2O3S/c13-19(16,17)11-5-3-4-10-9(11)8-14-15(10)12-6-1-2-7-18-12/h3-5,8,12H,1-2,6-7H2. The van der Waals surface area contributed by atoms with Gasteiger partial charge in [0.05, 0.1) is 16.6 Å². The lowest BCUT2D eigenvalue weighted by atomic mass is 10.2. The molecule has 0 aliphatic carbocycles. The smallest absolute Gasteiger partial charge is 0.262 e. The molecule has 2 heterocycles. The minimum atomic E-state index is -3.77. The molecule has 0 N–H and O–H groups in total. The number of rotatable bonds is 2. The van der Waals surface area contributed by atoms with Gasteiger partial charge in [0, 0.05) is 22.7 Å². The summed E-state index contributed by atoms with van der Waals surface area (Å²) in [6.07, 6.45) is 4.42. The minimum absolute atomic E-state index is 0.0914. The molecule has 0 spiro atoms. The van der Waals surface area contributed by atoms with Crippen LogP contribution in [0.5, 0.6) is 0 Å². The third-order valence-electron chi connectivity index (χ3n) is 3.29. The molecule has 0 radical (unpaired) electrons. The minimum Gasteiger partial charge on any atom is -0.356 e. The van der Waals surface area contributed by atoms with Gasteiger partial charge in [0.25, 0.3) is 9.05 Å². The molecular weight excluding hydrogens is 288 g/mol. The molecule has 0 bridgehead atoms. The van der Waals surface area contributed by atoms with E-state index in [0.29, 0.717) is 12.0 Å². The van der Waals surface area contributed by atoms with Crippen molar-refractivity contribution in [3.63, 3.8) is 0 Å². The van der Waals surface area contributed by atoms with Gasteiger partial charge in [-0.25, -0.2) is 13.1 Å². The van der Waals surface area contributed by atoms with Crippen LogP contribution < -0.4 is 0 Å². The molecule has 1 saturated heterocycles. The van der Waals surface area contributed by atoms with Gasteiger partial charge in [-0.05, 0) is 31.4 Å². The lowest BCUT2D eigenvalue weighted by molar-refractivity contribution is -0.0366. The molecule has 1 fully saturated rings. The quantitative estimate of drug-likeness (QED) is 0.800. The lowest BCUT2D eigenvalue weighted by Crippen LogP contribution is -2.18. The zero-order valence-electron chi connectivity index (χ0n) is 10.1. The average Bonchev–Trinajstić information content (AvgIpc) is 2.82. The SMILES string of the molecule is O=S(=O)(Cl)c1cccc2c1cnn2C1CCCCO1. The fraction of sp³-hybridized carbons (Fsp3) is 0.417. The molecular formula is C12H13ClN2O3S. The van der Waals surface area contributed by atoms with Crippen LogP contribution >= 0.6 is 10.7 Å². The lowest BCUT2D eigenvalue weighted by Gasteiger charge is -2.23. The van der Waals surface area contributed by atoms with E-state index < -0.39 is 9.05 Å². The average molecular weight is 301 g/mol. The topological polar surface area (TPSA) is 61.2 Å². The van der Waals surface area contributed by atoms with E-state index in [1.807, 2.05) is 6.07 Å². The molecule has 1 aliphatic rings. The van der Waals surface area contributed by atoms with Crippen molar-refractivity contribution in [3.8, 4) is 0 Å². The zero-order valence-corrected chi connectivity index (χ0v) is 11.7. The largest absolute Gasteiger partial charge is 0.356 e. The van der Waals surface area contributed by atoms with Crippen LogP contribution in [0.3, 0.4) is 0 Å². The van der Waals surface area contributed by atoms with Crippen molar-refractivity contribution < 1.29 is 13.2 Å². The van der Waals surface area contributed by atoms with Crippen LogP contribution in [0.25, 0.3) is 10.9 Å². The van der Waals surface area contributed by atoms with Crippen LogP contribution in [0.1, 0.15) is 25.5 Å². The number of halogens is 1. The highest BCUT2D eigenvalue weighted by atomic mass is 35.7. The Kier molecular flexibility index (Phi) is 3.24. The van der Waals surface area contributed by atoms with Crippen molar-refractivity contribution in [1.82, 2.24) is 9.78 Å². The Labute approximate surface area is 115 Å². The van der Waals surface area contributed by atoms with Crippen molar-refractivity contribution in [2.45, 2.75) is 30.4 Å². The predicted octanol–water partition coefficient (Wildman–Crippen LogP) is 2.66. The van der Waals surface area contributed by atoms with Crippen LogP contribution in [0.15, 0.2) is 29.3 Å². The van der Waals surface area contributed by atoms with Crippen LogP contribution in [-0.2, 0) is 13.8 Å². The Balaban J connectivity index is 2.14. The predicted molar refractivity (Wildman–Crippen MR) is 71.6 cm³/mol. The second-order valence-corrected chi connectivity index (χ2v) is 7.07. The number of hydrogen-bond acceptors (Lipinski definition) is 4. The van der Waals surface area contributed by atoms with Gasteiger partial charge < -0.3 is 4.74 Å². The molecule has 0 saturated carbocycles. The Hall–Kier alpha value is -1.11. The molecule has 1 aromatic heterocycles. The third-order valence-corrected chi connectivity index (χ3v) is 4.67. The van der Waals surface area contributed by atoms with E-state index in [0.717, 1.165) is 24.8 Å². The molecule has 1 aromatic carbocycles. The maximum atomic E-state index is 11.5. The Morgan fingerprint density at radius 2 is 2.21 bits per heavy atom. The van der Waals surface area contributed by atoms with E-state index >= 15 is 0 Å². The molecule has 1 unspecified atom stereocenters. The third kappa shape index (κ3) is 2.35. The highest BCUT2D eigenvalue weighted by Crippen LogP contribution is 2.30. The second-order valence-electron chi connectivity index (χ2n) is 4.54. The van der Waals surface area contributed by atoms with Crippen LogP contribution in [0.2, 0.25) is 0 Å². The normalized spacial score (nSPS) is 20.8. The number of benzene rings is 1. The van der Waals surface area contributed by atoms with Crippen molar-refractivity contribution in [1.29, 1.82) is 0 Å². The van der Waals surface area contributed by atoms with Gasteiger partial charge in [-0.2, -0.15) is 5.10 Å². The van der Waals surface area contributed by atoms with Crippen molar-refractivity contribution in [2.75, 3.05) is 6.61 Å². The van der Waals surface area contributed by atoms with E-state index in [1.54, 1.807) is 10.7 Å². The molecule has 7 heteroatoms. The summed E-state index contributed by atoms with van der Waals surface area (Å²) in [5.41, 5.74) is 0.730. The van der Waals surface area contributed by atoms with Crippen molar-refractivity contribution >= 4 is 30.6 Å². The van der Waals surface area contributed by atoms with Gasteiger partial charge in [-0.15, -0.1) is 0 Å². The van der Waals surface area contributed by atoms with E-state index in [1.165, 1.54) is 12.3 Å². The summed E-state index contributed by atoms with van der Waals surface area (Å²) in [5, 5.41) is 4.80. The molecule has 1 aliphatic heterocycles. The van der Waals surface area contributed by atoms with Gasteiger partial charge >= 0.3 is 0 Å². The molecule has 2 aromatic rings. The number of nitrogens with zero attached hydrogens (tertiary/aromatic N) is 2. The van der Waals surface area contributed by atoms with E-state index in [9.17, 15) is 8.42 Å². The summed E-state index contributed by atoms with van der Waals surface area (Å²) in [6.45, 7) is 0.708. The van der Waals surface area contributed by atoms with Gasteiger partial charge in [-0.1, -0.05) is 6.07 Å². The summed E-state index contributed by atoms with van der Waals surface area (Å²) < 4.78 is 30.5.